The number of hydrogen-bond acceptors (Lipinski definition) is 4. The number of benzene rings is 1. The first-order valence-corrected chi connectivity index (χ1v) is 6.42. The average molecular weight is 303 g/mol. The van der Waals surface area contributed by atoms with Crippen molar-refractivity contribution >= 4 is 6.09 Å². The molecule has 7 heteroatoms. The number of aliphatic hydroxyl groups excluding tert-OH is 1. The molecular formula is C14H19F2NO4. The maximum absolute atomic E-state index is 13.0. The first-order chi connectivity index (χ1) is 9.67. The summed E-state index contributed by atoms with van der Waals surface area (Å²) in [6.07, 6.45) is -1.80. The lowest BCUT2D eigenvalue weighted by Crippen LogP contribution is -2.32. The molecule has 2 N–H and O–H groups in total. The zero-order valence-corrected chi connectivity index (χ0v) is 12.2. The second kappa shape index (κ2) is 7.33. The number of amides is 1. The molecule has 0 heterocycles. The highest BCUT2D eigenvalue weighted by molar-refractivity contribution is 5.66. The summed E-state index contributed by atoms with van der Waals surface area (Å²) in [5.74, 6) is -1.53. The van der Waals surface area contributed by atoms with E-state index < -0.39 is 29.4 Å². The van der Waals surface area contributed by atoms with Crippen LogP contribution in [0.2, 0.25) is 0 Å². The fourth-order valence-electron chi connectivity index (χ4n) is 1.51. The molecule has 1 aromatic carbocycles. The Kier molecular flexibility index (Phi) is 6.04. The summed E-state index contributed by atoms with van der Waals surface area (Å²) in [5, 5.41) is 9.76. The molecule has 0 aliphatic rings. The normalized spacial score (nSPS) is 12.9. The molecule has 1 amide bonds. The van der Waals surface area contributed by atoms with Gasteiger partial charge in [-0.15, -0.1) is 0 Å². The highest BCUT2D eigenvalue weighted by Crippen LogP contribution is 2.19. The third-order valence-corrected chi connectivity index (χ3v) is 2.32. The average Bonchev–Trinajstić information content (AvgIpc) is 2.31. The summed E-state index contributed by atoms with van der Waals surface area (Å²) >= 11 is 0. The van der Waals surface area contributed by atoms with E-state index in [0.29, 0.717) is 0 Å². The maximum atomic E-state index is 13.0. The van der Waals surface area contributed by atoms with E-state index in [1.54, 1.807) is 20.8 Å². The monoisotopic (exact) mass is 303 g/mol. The van der Waals surface area contributed by atoms with E-state index in [-0.39, 0.29) is 18.6 Å². The van der Waals surface area contributed by atoms with Gasteiger partial charge in [-0.1, -0.05) is 0 Å². The van der Waals surface area contributed by atoms with Crippen LogP contribution in [-0.2, 0) is 9.57 Å². The van der Waals surface area contributed by atoms with Gasteiger partial charge in [0.25, 0.3) is 0 Å². The van der Waals surface area contributed by atoms with E-state index >= 15 is 0 Å². The summed E-state index contributed by atoms with van der Waals surface area (Å²) in [5.41, 5.74) is 1.51. The lowest BCUT2D eigenvalue weighted by Gasteiger charge is -2.19. The van der Waals surface area contributed by atoms with Gasteiger partial charge in [-0.05, 0) is 38.5 Å². The highest BCUT2D eigenvalue weighted by Gasteiger charge is 2.16. The molecule has 118 valence electrons. The van der Waals surface area contributed by atoms with Gasteiger partial charge in [-0.2, -0.15) is 5.48 Å². The first kappa shape index (κ1) is 17.3. The van der Waals surface area contributed by atoms with E-state index in [2.05, 4.69) is 0 Å². The zero-order chi connectivity index (χ0) is 16.0. The van der Waals surface area contributed by atoms with Crippen molar-refractivity contribution in [3.8, 4) is 0 Å². The third-order valence-electron chi connectivity index (χ3n) is 2.32. The molecule has 5 nitrogen and oxygen atoms in total. The molecule has 0 aliphatic carbocycles. The fourth-order valence-corrected chi connectivity index (χ4v) is 1.51. The molecule has 0 spiro atoms. The van der Waals surface area contributed by atoms with Crippen LogP contribution < -0.4 is 5.48 Å². The molecule has 1 atom stereocenters. The van der Waals surface area contributed by atoms with Crippen molar-refractivity contribution < 1.29 is 28.3 Å². The molecule has 1 rings (SSSR count). The molecule has 0 aromatic heterocycles. The lowest BCUT2D eigenvalue weighted by atomic mass is 10.1. The van der Waals surface area contributed by atoms with E-state index in [1.165, 1.54) is 0 Å². The smallest absolute Gasteiger partial charge is 0.431 e. The van der Waals surface area contributed by atoms with Crippen LogP contribution in [0.1, 0.15) is 38.9 Å². The summed E-state index contributed by atoms with van der Waals surface area (Å²) in [6, 6.07) is 2.79. The minimum absolute atomic E-state index is 0.0431. The minimum atomic E-state index is -1.10. The largest absolute Gasteiger partial charge is 0.442 e. The maximum Gasteiger partial charge on any atom is 0.431 e. The van der Waals surface area contributed by atoms with E-state index in [0.717, 1.165) is 18.2 Å². The van der Waals surface area contributed by atoms with Crippen molar-refractivity contribution in [2.45, 2.75) is 38.9 Å². The third kappa shape index (κ3) is 7.01. The van der Waals surface area contributed by atoms with E-state index in [1.807, 2.05) is 5.48 Å². The van der Waals surface area contributed by atoms with Crippen molar-refractivity contribution in [1.29, 1.82) is 0 Å². The number of carbonyl (C=O) groups excluding carboxylic acids is 1. The van der Waals surface area contributed by atoms with Gasteiger partial charge in [-0.3, -0.25) is 4.84 Å². The summed E-state index contributed by atoms with van der Waals surface area (Å²) in [4.78, 5) is 16.1. The molecule has 0 aliphatic heterocycles. The fraction of sp³-hybridized carbons (Fsp3) is 0.500. The Balaban J connectivity index is 2.34. The van der Waals surface area contributed by atoms with Gasteiger partial charge in [0.2, 0.25) is 0 Å². The Hall–Kier alpha value is -1.73. The van der Waals surface area contributed by atoms with E-state index in [4.69, 9.17) is 9.57 Å². The van der Waals surface area contributed by atoms with Crippen LogP contribution in [0.15, 0.2) is 18.2 Å². The molecular weight excluding hydrogens is 284 g/mol. The summed E-state index contributed by atoms with van der Waals surface area (Å²) in [7, 11) is 0. The number of aliphatic hydroxyl groups is 1. The molecule has 1 aromatic rings. The molecule has 21 heavy (non-hydrogen) atoms. The Morgan fingerprint density at radius 1 is 1.29 bits per heavy atom. The highest BCUT2D eigenvalue weighted by atomic mass is 19.1. The van der Waals surface area contributed by atoms with Gasteiger partial charge in [-0.25, -0.2) is 13.6 Å². The predicted octanol–water partition coefficient (Wildman–Crippen LogP) is 2.84. The molecule has 0 unspecified atom stereocenters. The standard InChI is InChI=1S/C14H19F2NO4/c1-14(2,3)21-13(19)17-20-5-4-12(18)9-6-10(15)8-11(16)7-9/h6-8,12,18H,4-5H2,1-3H3,(H,17,19)/t12-/m1/s1. The minimum Gasteiger partial charge on any atom is -0.442 e. The zero-order valence-electron chi connectivity index (χ0n) is 12.2. The van der Waals surface area contributed by atoms with Gasteiger partial charge >= 0.3 is 6.09 Å². The van der Waals surface area contributed by atoms with Crippen molar-refractivity contribution in [2.24, 2.45) is 0 Å². The number of nitrogens with one attached hydrogen (secondary N) is 1. The van der Waals surface area contributed by atoms with E-state index in [9.17, 15) is 18.7 Å². The van der Waals surface area contributed by atoms with Crippen LogP contribution in [0, 0.1) is 11.6 Å². The Morgan fingerprint density at radius 3 is 2.38 bits per heavy atom. The lowest BCUT2D eigenvalue weighted by molar-refractivity contribution is -0.0162. The van der Waals surface area contributed by atoms with Crippen LogP contribution >= 0.6 is 0 Å². The second-order valence-electron chi connectivity index (χ2n) is 5.46. The number of hydroxylamine groups is 1. The summed E-state index contributed by atoms with van der Waals surface area (Å²) in [6.45, 7) is 5.07. The van der Waals surface area contributed by atoms with Crippen LogP contribution in [0.25, 0.3) is 0 Å². The number of rotatable bonds is 5. The number of hydrogen-bond donors (Lipinski definition) is 2. The molecule has 0 radical (unpaired) electrons. The van der Waals surface area contributed by atoms with Gasteiger partial charge in [0, 0.05) is 12.5 Å². The van der Waals surface area contributed by atoms with Crippen molar-refractivity contribution in [1.82, 2.24) is 5.48 Å². The Bertz CT molecular complexity index is 468. The molecule has 0 saturated heterocycles. The van der Waals surface area contributed by atoms with Crippen molar-refractivity contribution in [2.75, 3.05) is 6.61 Å². The number of ether oxygens (including phenoxy) is 1. The summed E-state index contributed by atoms with van der Waals surface area (Å²) < 4.78 is 30.9. The number of carbonyl (C=O) groups is 1. The Labute approximate surface area is 121 Å². The van der Waals surface area contributed by atoms with Crippen LogP contribution in [0.4, 0.5) is 13.6 Å². The molecule has 0 fully saturated rings. The Morgan fingerprint density at radius 2 is 1.86 bits per heavy atom. The number of halogens is 2. The SMILES string of the molecule is CC(C)(C)OC(=O)NOCC[C@@H](O)c1cc(F)cc(F)c1. The van der Waals surface area contributed by atoms with Crippen molar-refractivity contribution in [3.63, 3.8) is 0 Å². The first-order valence-electron chi connectivity index (χ1n) is 6.42. The van der Waals surface area contributed by atoms with Gasteiger partial charge < -0.3 is 9.84 Å². The van der Waals surface area contributed by atoms with Crippen LogP contribution in [-0.4, -0.2) is 23.4 Å². The van der Waals surface area contributed by atoms with Crippen LogP contribution in [0.3, 0.4) is 0 Å². The quantitative estimate of drug-likeness (QED) is 0.648. The molecule has 0 saturated carbocycles. The second-order valence-corrected chi connectivity index (χ2v) is 5.46. The predicted molar refractivity (Wildman–Crippen MR) is 71.3 cm³/mol. The van der Waals surface area contributed by atoms with Gasteiger partial charge in [0.15, 0.2) is 0 Å². The van der Waals surface area contributed by atoms with Gasteiger partial charge in [0.1, 0.15) is 17.2 Å². The van der Waals surface area contributed by atoms with Crippen molar-refractivity contribution in [3.05, 3.63) is 35.4 Å². The molecule has 0 bridgehead atoms. The van der Waals surface area contributed by atoms with Crippen LogP contribution in [0.5, 0.6) is 0 Å². The van der Waals surface area contributed by atoms with Gasteiger partial charge in [0.05, 0.1) is 12.7 Å². The topological polar surface area (TPSA) is 67.8 Å².